The van der Waals surface area contributed by atoms with Gasteiger partial charge >= 0.3 is 0 Å². The molecule has 4 heteroatoms. The van der Waals surface area contributed by atoms with Crippen molar-refractivity contribution in [2.24, 2.45) is 0 Å². The Hall–Kier alpha value is -2.23. The maximum atomic E-state index is 12.4. The third-order valence-corrected chi connectivity index (χ3v) is 3.49. The van der Waals surface area contributed by atoms with Gasteiger partial charge in [0.05, 0.1) is 5.69 Å². The molecule has 0 aliphatic rings. The van der Waals surface area contributed by atoms with Crippen molar-refractivity contribution in [2.45, 2.75) is 46.0 Å². The van der Waals surface area contributed by atoms with E-state index in [-0.39, 0.29) is 11.3 Å². The minimum absolute atomic E-state index is 0.0446. The Kier molecular flexibility index (Phi) is 4.59. The van der Waals surface area contributed by atoms with Crippen molar-refractivity contribution >= 4 is 11.6 Å². The molecular weight excluding hydrogens is 274 g/mol. The highest BCUT2D eigenvalue weighted by atomic mass is 16.1. The molecule has 0 aliphatic heterocycles. The normalized spacial score (nSPS) is 11.5. The topological polar surface area (TPSA) is 54.9 Å². The van der Waals surface area contributed by atoms with Crippen molar-refractivity contribution in [2.75, 3.05) is 5.32 Å². The van der Waals surface area contributed by atoms with Gasteiger partial charge in [-0.1, -0.05) is 52.8 Å². The van der Waals surface area contributed by atoms with Gasteiger partial charge in [-0.2, -0.15) is 5.10 Å². The SMILES string of the molecule is CC(C)c1ccc(C(=O)Nc2ccccc2C(C)(C)C)nn1. The second-order valence-corrected chi connectivity index (χ2v) is 6.75. The highest BCUT2D eigenvalue weighted by molar-refractivity contribution is 6.03. The van der Waals surface area contributed by atoms with E-state index in [4.69, 9.17) is 0 Å². The molecule has 0 radical (unpaired) electrons. The van der Waals surface area contributed by atoms with Crippen molar-refractivity contribution in [3.05, 3.63) is 53.3 Å². The summed E-state index contributed by atoms with van der Waals surface area (Å²) < 4.78 is 0. The van der Waals surface area contributed by atoms with Crippen LogP contribution in [0.15, 0.2) is 36.4 Å². The van der Waals surface area contributed by atoms with Crippen LogP contribution in [-0.4, -0.2) is 16.1 Å². The lowest BCUT2D eigenvalue weighted by Crippen LogP contribution is -2.19. The zero-order valence-corrected chi connectivity index (χ0v) is 13.8. The predicted molar refractivity (Wildman–Crippen MR) is 89.2 cm³/mol. The molecule has 1 N–H and O–H groups in total. The van der Waals surface area contributed by atoms with Gasteiger partial charge in [0.1, 0.15) is 0 Å². The van der Waals surface area contributed by atoms with Gasteiger partial charge in [0.25, 0.3) is 5.91 Å². The average molecular weight is 297 g/mol. The molecule has 2 aromatic rings. The van der Waals surface area contributed by atoms with Crippen LogP contribution in [0.25, 0.3) is 0 Å². The van der Waals surface area contributed by atoms with E-state index in [1.807, 2.05) is 44.2 Å². The quantitative estimate of drug-likeness (QED) is 0.926. The summed E-state index contributed by atoms with van der Waals surface area (Å²) >= 11 is 0. The van der Waals surface area contributed by atoms with Crippen LogP contribution in [0.1, 0.15) is 62.3 Å². The summed E-state index contributed by atoms with van der Waals surface area (Å²) in [6, 6.07) is 11.4. The van der Waals surface area contributed by atoms with E-state index in [1.165, 1.54) is 0 Å². The van der Waals surface area contributed by atoms with Crippen LogP contribution >= 0.6 is 0 Å². The number of benzene rings is 1. The Morgan fingerprint density at radius 2 is 1.73 bits per heavy atom. The van der Waals surface area contributed by atoms with Gasteiger partial charge in [0.2, 0.25) is 0 Å². The second kappa shape index (κ2) is 6.26. The Morgan fingerprint density at radius 1 is 1.05 bits per heavy atom. The minimum atomic E-state index is -0.237. The average Bonchev–Trinajstić information content (AvgIpc) is 2.46. The molecule has 22 heavy (non-hydrogen) atoms. The highest BCUT2D eigenvalue weighted by Gasteiger charge is 2.19. The predicted octanol–water partition coefficient (Wildman–Crippen LogP) is 4.15. The Bertz CT molecular complexity index is 655. The Morgan fingerprint density at radius 3 is 2.27 bits per heavy atom. The summed E-state index contributed by atoms with van der Waals surface area (Å²) in [6.45, 7) is 10.5. The molecule has 0 aliphatic carbocycles. The van der Waals surface area contributed by atoms with Gasteiger partial charge in [0, 0.05) is 5.69 Å². The molecule has 4 nitrogen and oxygen atoms in total. The van der Waals surface area contributed by atoms with E-state index in [0.717, 1.165) is 16.9 Å². The number of anilines is 1. The molecule has 1 heterocycles. The molecule has 0 unspecified atom stereocenters. The van der Waals surface area contributed by atoms with Gasteiger partial charge in [0.15, 0.2) is 5.69 Å². The smallest absolute Gasteiger partial charge is 0.276 e. The number of hydrogen-bond donors (Lipinski definition) is 1. The standard InChI is InChI=1S/C18H23N3O/c1-12(2)14-10-11-16(21-20-14)17(22)19-15-9-7-6-8-13(15)18(3,4)5/h6-12H,1-5H3,(H,19,22). The number of aromatic nitrogens is 2. The van der Waals surface area contributed by atoms with Crippen molar-refractivity contribution in [3.63, 3.8) is 0 Å². The van der Waals surface area contributed by atoms with Gasteiger partial charge in [-0.05, 0) is 35.1 Å². The molecule has 0 bridgehead atoms. The van der Waals surface area contributed by atoms with Crippen molar-refractivity contribution < 1.29 is 4.79 Å². The van der Waals surface area contributed by atoms with Crippen LogP contribution < -0.4 is 5.32 Å². The first-order valence-corrected chi connectivity index (χ1v) is 7.53. The van der Waals surface area contributed by atoms with E-state index in [0.29, 0.717) is 11.6 Å². The highest BCUT2D eigenvalue weighted by Crippen LogP contribution is 2.29. The van der Waals surface area contributed by atoms with Crippen LogP contribution in [0.5, 0.6) is 0 Å². The van der Waals surface area contributed by atoms with Crippen LogP contribution in [0.4, 0.5) is 5.69 Å². The number of carbonyl (C=O) groups is 1. The molecule has 0 spiro atoms. The minimum Gasteiger partial charge on any atom is -0.320 e. The molecule has 1 aromatic carbocycles. The third-order valence-electron chi connectivity index (χ3n) is 3.49. The summed E-state index contributed by atoms with van der Waals surface area (Å²) in [5.41, 5.74) is 3.07. The molecule has 0 saturated carbocycles. The van der Waals surface area contributed by atoms with E-state index in [9.17, 15) is 4.79 Å². The van der Waals surface area contributed by atoms with Crippen molar-refractivity contribution in [3.8, 4) is 0 Å². The Labute approximate surface area is 132 Å². The maximum absolute atomic E-state index is 12.4. The van der Waals surface area contributed by atoms with E-state index >= 15 is 0 Å². The first-order valence-electron chi connectivity index (χ1n) is 7.53. The van der Waals surface area contributed by atoms with Crippen molar-refractivity contribution in [1.82, 2.24) is 10.2 Å². The first-order chi connectivity index (χ1) is 10.3. The summed E-state index contributed by atoms with van der Waals surface area (Å²) in [6.07, 6.45) is 0. The van der Waals surface area contributed by atoms with Gasteiger partial charge in [-0.3, -0.25) is 4.79 Å². The van der Waals surface area contributed by atoms with Crippen LogP contribution in [0, 0.1) is 0 Å². The third kappa shape index (κ3) is 3.70. The summed E-state index contributed by atoms with van der Waals surface area (Å²) in [5, 5.41) is 11.1. The molecule has 1 aromatic heterocycles. The largest absolute Gasteiger partial charge is 0.320 e. The number of carbonyl (C=O) groups excluding carboxylic acids is 1. The molecule has 116 valence electrons. The monoisotopic (exact) mass is 297 g/mol. The lowest BCUT2D eigenvalue weighted by atomic mass is 9.86. The van der Waals surface area contributed by atoms with Gasteiger partial charge < -0.3 is 5.32 Å². The van der Waals surface area contributed by atoms with Crippen molar-refractivity contribution in [1.29, 1.82) is 0 Å². The summed E-state index contributed by atoms with van der Waals surface area (Å²) in [7, 11) is 0. The fraction of sp³-hybridized carbons (Fsp3) is 0.389. The zero-order chi connectivity index (χ0) is 16.3. The number of amides is 1. The fourth-order valence-electron chi connectivity index (χ4n) is 2.20. The first kappa shape index (κ1) is 16.1. The maximum Gasteiger partial charge on any atom is 0.276 e. The number of rotatable bonds is 3. The fourth-order valence-corrected chi connectivity index (χ4v) is 2.20. The summed E-state index contributed by atoms with van der Waals surface area (Å²) in [5.74, 6) is 0.0609. The van der Waals surface area contributed by atoms with Crippen LogP contribution in [0.2, 0.25) is 0 Å². The second-order valence-electron chi connectivity index (χ2n) is 6.75. The Balaban J connectivity index is 2.22. The number of nitrogens with one attached hydrogen (secondary N) is 1. The van der Waals surface area contributed by atoms with E-state index < -0.39 is 0 Å². The van der Waals surface area contributed by atoms with Gasteiger partial charge in [-0.15, -0.1) is 5.10 Å². The number of para-hydroxylation sites is 1. The molecule has 1 amide bonds. The van der Waals surface area contributed by atoms with E-state index in [2.05, 4.69) is 36.3 Å². The van der Waals surface area contributed by atoms with Gasteiger partial charge in [-0.25, -0.2) is 0 Å². The zero-order valence-electron chi connectivity index (χ0n) is 13.8. The lowest BCUT2D eigenvalue weighted by molar-refractivity contribution is 0.102. The molecule has 0 fully saturated rings. The van der Waals surface area contributed by atoms with Crippen LogP contribution in [0.3, 0.4) is 0 Å². The van der Waals surface area contributed by atoms with Crippen LogP contribution in [-0.2, 0) is 5.41 Å². The molecule has 0 saturated heterocycles. The van der Waals surface area contributed by atoms with E-state index in [1.54, 1.807) is 6.07 Å². The molecule has 0 atom stereocenters. The molecule has 2 rings (SSSR count). The number of nitrogens with zero attached hydrogens (tertiary/aromatic N) is 2. The number of hydrogen-bond acceptors (Lipinski definition) is 3. The lowest BCUT2D eigenvalue weighted by Gasteiger charge is -2.22. The summed E-state index contributed by atoms with van der Waals surface area (Å²) in [4.78, 5) is 12.4. The molecular formula is C18H23N3O.